The summed E-state index contributed by atoms with van der Waals surface area (Å²) in [6.45, 7) is 12.4. The van der Waals surface area contributed by atoms with Gasteiger partial charge in [0.05, 0.1) is 7.11 Å². The van der Waals surface area contributed by atoms with Gasteiger partial charge in [-0.1, -0.05) is 40.2 Å². The molecule has 0 saturated carbocycles. The summed E-state index contributed by atoms with van der Waals surface area (Å²) in [7, 11) is 1.40. The first-order chi connectivity index (χ1) is 19.1. The fraction of sp³-hybridized carbons (Fsp3) is 0.625. The van der Waals surface area contributed by atoms with Crippen LogP contribution in [-0.2, 0) is 23.1 Å². The number of methoxy groups -OCH3 is 1. The molecule has 0 spiro atoms. The Morgan fingerprint density at radius 1 is 1.27 bits per heavy atom. The molecule has 1 unspecified atom stereocenters. The average Bonchev–Trinajstić information content (AvgIpc) is 3.39. The number of ether oxygens (including phenoxy) is 1. The zero-order chi connectivity index (χ0) is 28.9. The third-order valence-corrected chi connectivity index (χ3v) is 8.48. The Balaban J connectivity index is 1.34. The fourth-order valence-electron chi connectivity index (χ4n) is 6.16. The lowest BCUT2D eigenvalue weighted by Gasteiger charge is -2.31. The number of nitrogens with zero attached hydrogens (tertiary/aromatic N) is 3. The monoisotopic (exact) mass is 554 g/mol. The molecule has 8 heteroatoms. The standard InChI is InChI=1S/C32H47FN4O3/c1-6-36(17-9-7-8-12-24-14-13-22-11-10-16-34-30(22)35-24)25-15-18-37(21-25)28(31(38)39)26-19-23(32(2,3)4)20-27(33)29(26)40-5/h13-14,19-20,25,28H,6-12,15-18,21H2,1-5H3,(H,34,35)(H,38,39)/t25-,28?/m1/s1. The van der Waals surface area contributed by atoms with Crippen LogP contribution >= 0.6 is 0 Å². The van der Waals surface area contributed by atoms with Crippen LogP contribution in [-0.4, -0.2) is 71.7 Å². The summed E-state index contributed by atoms with van der Waals surface area (Å²) in [5.74, 6) is -0.389. The number of likely N-dealkylation sites (N-methyl/N-ethyl adjacent to an activating group) is 1. The van der Waals surface area contributed by atoms with Gasteiger partial charge >= 0.3 is 5.97 Å². The van der Waals surface area contributed by atoms with Crippen LogP contribution in [0.2, 0.25) is 0 Å². The van der Waals surface area contributed by atoms with E-state index in [1.807, 2.05) is 31.7 Å². The molecule has 0 amide bonds. The van der Waals surface area contributed by atoms with Crippen molar-refractivity contribution in [3.63, 3.8) is 0 Å². The Labute approximate surface area is 239 Å². The minimum absolute atomic E-state index is 0.0281. The van der Waals surface area contributed by atoms with E-state index in [0.717, 1.165) is 75.2 Å². The average molecular weight is 555 g/mol. The maximum Gasteiger partial charge on any atom is 0.325 e. The van der Waals surface area contributed by atoms with Crippen molar-refractivity contribution in [2.45, 2.75) is 90.1 Å². The summed E-state index contributed by atoms with van der Waals surface area (Å²) in [6.07, 6.45) is 7.51. The molecule has 3 heterocycles. The zero-order valence-corrected chi connectivity index (χ0v) is 24.9. The number of likely N-dealkylation sites (tertiary alicyclic amines) is 1. The molecule has 0 bridgehead atoms. The molecule has 0 aliphatic carbocycles. The van der Waals surface area contributed by atoms with Gasteiger partial charge < -0.3 is 15.2 Å². The van der Waals surface area contributed by atoms with Gasteiger partial charge in [-0.05, 0) is 86.4 Å². The molecule has 2 aromatic rings. The van der Waals surface area contributed by atoms with Crippen molar-refractivity contribution in [1.29, 1.82) is 0 Å². The number of nitrogens with one attached hydrogen (secondary N) is 1. The first kappa shape index (κ1) is 30.3. The van der Waals surface area contributed by atoms with Gasteiger partial charge in [-0.25, -0.2) is 9.37 Å². The van der Waals surface area contributed by atoms with E-state index >= 15 is 4.39 Å². The second-order valence-corrected chi connectivity index (χ2v) is 12.3. The molecule has 1 aromatic carbocycles. The molecule has 40 heavy (non-hydrogen) atoms. The molecule has 1 aromatic heterocycles. The van der Waals surface area contributed by atoms with E-state index in [1.165, 1.54) is 25.2 Å². The number of hydrogen-bond acceptors (Lipinski definition) is 6. The fourth-order valence-corrected chi connectivity index (χ4v) is 6.16. The van der Waals surface area contributed by atoms with Crippen molar-refractivity contribution in [1.82, 2.24) is 14.8 Å². The number of pyridine rings is 1. The first-order valence-corrected chi connectivity index (χ1v) is 14.9. The number of hydrogen-bond donors (Lipinski definition) is 2. The van der Waals surface area contributed by atoms with Gasteiger partial charge in [0.1, 0.15) is 11.9 Å². The Morgan fingerprint density at radius 2 is 2.08 bits per heavy atom. The highest BCUT2D eigenvalue weighted by Gasteiger charge is 2.38. The van der Waals surface area contributed by atoms with Crippen LogP contribution in [0, 0.1) is 5.82 Å². The van der Waals surface area contributed by atoms with Gasteiger partial charge in [0.2, 0.25) is 0 Å². The molecular formula is C32H47FN4O3. The first-order valence-electron chi connectivity index (χ1n) is 14.9. The predicted molar refractivity (Wildman–Crippen MR) is 158 cm³/mol. The normalized spacial score (nSPS) is 18.4. The van der Waals surface area contributed by atoms with Crippen molar-refractivity contribution < 1.29 is 19.0 Å². The second kappa shape index (κ2) is 13.3. The summed E-state index contributed by atoms with van der Waals surface area (Å²) in [6, 6.07) is 7.01. The maximum absolute atomic E-state index is 15.0. The van der Waals surface area contributed by atoms with Gasteiger partial charge in [0.15, 0.2) is 11.6 Å². The summed E-state index contributed by atoms with van der Waals surface area (Å²) in [4.78, 5) is 21.8. The number of aryl methyl sites for hydroxylation is 2. The lowest BCUT2D eigenvalue weighted by atomic mass is 9.84. The van der Waals surface area contributed by atoms with E-state index in [0.29, 0.717) is 18.7 Å². The number of unbranched alkanes of at least 4 members (excludes halogenated alkanes) is 2. The van der Waals surface area contributed by atoms with Crippen molar-refractivity contribution in [2.75, 3.05) is 45.2 Å². The molecular weight excluding hydrogens is 507 g/mol. The van der Waals surface area contributed by atoms with E-state index in [1.54, 1.807) is 0 Å². The van der Waals surface area contributed by atoms with Gasteiger partial charge in [0.25, 0.3) is 0 Å². The minimum atomic E-state index is -0.974. The number of rotatable bonds is 12. The van der Waals surface area contributed by atoms with Crippen molar-refractivity contribution in [3.05, 3.63) is 52.5 Å². The number of aliphatic carboxylic acids is 1. The Hall–Kier alpha value is -2.71. The predicted octanol–water partition coefficient (Wildman–Crippen LogP) is 5.82. The molecule has 2 atom stereocenters. The van der Waals surface area contributed by atoms with Crippen molar-refractivity contribution in [3.8, 4) is 5.75 Å². The largest absolute Gasteiger partial charge is 0.493 e. The number of carboxylic acids is 1. The van der Waals surface area contributed by atoms with Crippen LogP contribution in [0.15, 0.2) is 24.3 Å². The summed E-state index contributed by atoms with van der Waals surface area (Å²) in [5, 5.41) is 13.7. The third kappa shape index (κ3) is 7.13. The molecule has 0 radical (unpaired) electrons. The lowest BCUT2D eigenvalue weighted by Crippen LogP contribution is -2.40. The highest BCUT2D eigenvalue weighted by atomic mass is 19.1. The Bertz CT molecular complexity index is 1170. The Kier molecular flexibility index (Phi) is 10.1. The van der Waals surface area contributed by atoms with Crippen molar-refractivity contribution >= 4 is 11.8 Å². The Morgan fingerprint density at radius 3 is 2.77 bits per heavy atom. The smallest absolute Gasteiger partial charge is 0.325 e. The highest BCUT2D eigenvalue weighted by Crippen LogP contribution is 2.38. The van der Waals surface area contributed by atoms with Crippen LogP contribution in [0.5, 0.6) is 5.75 Å². The lowest BCUT2D eigenvalue weighted by molar-refractivity contribution is -0.143. The molecule has 220 valence electrons. The minimum Gasteiger partial charge on any atom is -0.493 e. The van der Waals surface area contributed by atoms with Gasteiger partial charge in [-0.15, -0.1) is 0 Å². The van der Waals surface area contributed by atoms with Crippen LogP contribution in [0.3, 0.4) is 0 Å². The van der Waals surface area contributed by atoms with E-state index in [-0.39, 0.29) is 17.2 Å². The van der Waals surface area contributed by atoms with Gasteiger partial charge in [0, 0.05) is 36.9 Å². The summed E-state index contributed by atoms with van der Waals surface area (Å²) in [5.41, 5.74) is 3.34. The molecule has 2 N–H and O–H groups in total. The number of carboxylic acid groups (broad SMARTS) is 1. The van der Waals surface area contributed by atoms with Crippen LogP contribution < -0.4 is 10.1 Å². The topological polar surface area (TPSA) is 77.9 Å². The number of aromatic nitrogens is 1. The maximum atomic E-state index is 15.0. The summed E-state index contributed by atoms with van der Waals surface area (Å²) >= 11 is 0. The quantitative estimate of drug-likeness (QED) is 0.320. The van der Waals surface area contributed by atoms with Crippen LogP contribution in [0.4, 0.5) is 10.2 Å². The van der Waals surface area contributed by atoms with Gasteiger partial charge in [-0.3, -0.25) is 14.6 Å². The van der Waals surface area contributed by atoms with Crippen molar-refractivity contribution in [2.24, 2.45) is 0 Å². The molecule has 2 aliphatic heterocycles. The summed E-state index contributed by atoms with van der Waals surface area (Å²) < 4.78 is 20.4. The van der Waals surface area contributed by atoms with E-state index in [4.69, 9.17) is 9.72 Å². The van der Waals surface area contributed by atoms with E-state index < -0.39 is 17.8 Å². The molecule has 2 aliphatic rings. The molecule has 7 nitrogen and oxygen atoms in total. The number of halogens is 1. The number of anilines is 1. The molecule has 1 saturated heterocycles. The van der Waals surface area contributed by atoms with Crippen LogP contribution in [0.1, 0.15) is 88.2 Å². The SMILES string of the molecule is CCN(CCCCCc1ccc2c(n1)NCCC2)[C@@H]1CCN(C(C(=O)O)c2cc(C(C)(C)C)cc(F)c2OC)C1. The highest BCUT2D eigenvalue weighted by molar-refractivity contribution is 5.77. The third-order valence-electron chi connectivity index (χ3n) is 8.48. The van der Waals surface area contributed by atoms with Crippen LogP contribution in [0.25, 0.3) is 0 Å². The zero-order valence-electron chi connectivity index (χ0n) is 24.9. The van der Waals surface area contributed by atoms with E-state index in [9.17, 15) is 9.90 Å². The van der Waals surface area contributed by atoms with E-state index in [2.05, 4.69) is 29.3 Å². The number of carbonyl (C=O) groups is 1. The molecule has 1 fully saturated rings. The van der Waals surface area contributed by atoms with Gasteiger partial charge in [-0.2, -0.15) is 0 Å². The number of fused-ring (bicyclic) bond motifs is 1. The number of benzene rings is 1. The molecule has 4 rings (SSSR count). The second-order valence-electron chi connectivity index (χ2n) is 12.3.